The molecular formula is C61H66Cl3NO6S8. The number of unbranched alkanes of at least 4 members (excludes halogenated alkanes) is 1. The molecule has 0 spiro atoms. The van der Waals surface area contributed by atoms with Gasteiger partial charge in [0, 0.05) is 47.9 Å². The SMILES string of the molecule is CCCCC(CC)COC(=O)CCSc1cc(SC)cc(-c2ccccc2)c1.CCc1sc(Sc2cc(SC)cc(-c3ccccc3)c2)cc1Cl.CS(=O)(=O)c1cc(-c2ccccc2)cc(S(=O)(=O)c2cc(Cl)c(CN)s2)c1.Cl. The van der Waals surface area contributed by atoms with E-state index in [0.717, 1.165) is 47.6 Å². The maximum atomic E-state index is 13.1. The highest BCUT2D eigenvalue weighted by atomic mass is 35.5. The minimum absolute atomic E-state index is 0. The van der Waals surface area contributed by atoms with Gasteiger partial charge in [-0.15, -0.1) is 70.4 Å². The van der Waals surface area contributed by atoms with Crippen molar-refractivity contribution in [1.29, 1.82) is 0 Å². The number of benzene rings is 6. The molecule has 0 aliphatic rings. The minimum atomic E-state index is -3.95. The van der Waals surface area contributed by atoms with Crippen LogP contribution in [0.25, 0.3) is 33.4 Å². The molecule has 0 radical (unpaired) electrons. The van der Waals surface area contributed by atoms with Crippen LogP contribution in [-0.2, 0) is 42.2 Å². The van der Waals surface area contributed by atoms with Crippen LogP contribution in [0.2, 0.25) is 10.0 Å². The third kappa shape index (κ3) is 20.0. The normalized spacial score (nSPS) is 11.6. The molecule has 420 valence electrons. The molecule has 0 amide bonds. The van der Waals surface area contributed by atoms with Crippen LogP contribution in [0, 0.1) is 5.92 Å². The summed E-state index contributed by atoms with van der Waals surface area (Å²) in [5.74, 6) is 1.17. The molecule has 0 aliphatic carbocycles. The molecule has 1 unspecified atom stereocenters. The summed E-state index contributed by atoms with van der Waals surface area (Å²) in [6.45, 7) is 7.21. The predicted molar refractivity (Wildman–Crippen MR) is 345 cm³/mol. The summed E-state index contributed by atoms with van der Waals surface area (Å²) in [7, 11) is -7.56. The number of nitrogens with two attached hydrogens (primary N) is 1. The van der Waals surface area contributed by atoms with Crippen molar-refractivity contribution in [2.75, 3.05) is 31.1 Å². The molecule has 8 rings (SSSR count). The molecule has 0 saturated carbocycles. The predicted octanol–water partition coefficient (Wildman–Crippen LogP) is 19.0. The van der Waals surface area contributed by atoms with Crippen LogP contribution in [0.3, 0.4) is 0 Å². The summed E-state index contributed by atoms with van der Waals surface area (Å²) >= 11 is 22.2. The van der Waals surface area contributed by atoms with Gasteiger partial charge >= 0.3 is 5.97 Å². The first-order chi connectivity index (χ1) is 37.5. The molecule has 0 aliphatic heterocycles. The Morgan fingerprint density at radius 2 is 1.13 bits per heavy atom. The van der Waals surface area contributed by atoms with Crippen LogP contribution in [0.1, 0.15) is 62.6 Å². The Hall–Kier alpha value is -3.68. The van der Waals surface area contributed by atoms with Crippen molar-refractivity contribution in [1.82, 2.24) is 0 Å². The van der Waals surface area contributed by atoms with E-state index in [9.17, 15) is 21.6 Å². The fourth-order valence-electron chi connectivity index (χ4n) is 7.85. The lowest BCUT2D eigenvalue weighted by Gasteiger charge is -2.14. The summed E-state index contributed by atoms with van der Waals surface area (Å²) in [6, 6.07) is 50.9. The topological polar surface area (TPSA) is 121 Å². The number of hydrogen-bond donors (Lipinski definition) is 1. The van der Waals surface area contributed by atoms with Crippen LogP contribution < -0.4 is 5.73 Å². The summed E-state index contributed by atoms with van der Waals surface area (Å²) < 4.78 is 57.2. The van der Waals surface area contributed by atoms with Crippen LogP contribution >= 0.6 is 105 Å². The lowest BCUT2D eigenvalue weighted by Crippen LogP contribution is -2.14. The van der Waals surface area contributed by atoms with Crippen LogP contribution in [0.5, 0.6) is 0 Å². The number of thioether (sulfide) groups is 3. The molecule has 2 heterocycles. The molecule has 2 N–H and O–H groups in total. The smallest absolute Gasteiger partial charge is 0.306 e. The van der Waals surface area contributed by atoms with E-state index >= 15 is 0 Å². The van der Waals surface area contributed by atoms with E-state index in [-0.39, 0.29) is 43.9 Å². The second kappa shape index (κ2) is 32.8. The van der Waals surface area contributed by atoms with Crippen LogP contribution in [0.15, 0.2) is 196 Å². The van der Waals surface area contributed by atoms with E-state index in [4.69, 9.17) is 33.7 Å². The number of esters is 1. The van der Waals surface area contributed by atoms with Crippen molar-refractivity contribution >= 4 is 131 Å². The largest absolute Gasteiger partial charge is 0.465 e. The monoisotopic (exact) mass is 1270 g/mol. The van der Waals surface area contributed by atoms with Crippen molar-refractivity contribution in [3.63, 3.8) is 0 Å². The van der Waals surface area contributed by atoms with Crippen molar-refractivity contribution in [3.8, 4) is 33.4 Å². The molecule has 2 aromatic heterocycles. The van der Waals surface area contributed by atoms with Crippen molar-refractivity contribution in [3.05, 3.63) is 178 Å². The van der Waals surface area contributed by atoms with E-state index < -0.39 is 19.7 Å². The maximum absolute atomic E-state index is 13.1. The van der Waals surface area contributed by atoms with Gasteiger partial charge in [0.25, 0.3) is 0 Å². The zero-order valence-electron chi connectivity index (χ0n) is 44.9. The van der Waals surface area contributed by atoms with Gasteiger partial charge < -0.3 is 10.5 Å². The molecule has 7 nitrogen and oxygen atoms in total. The Morgan fingerprint density at radius 3 is 1.61 bits per heavy atom. The number of rotatable bonds is 22. The minimum Gasteiger partial charge on any atom is -0.465 e. The second-order valence-corrected chi connectivity index (χ2v) is 29.5. The van der Waals surface area contributed by atoms with Crippen molar-refractivity contribution in [2.24, 2.45) is 11.7 Å². The molecule has 79 heavy (non-hydrogen) atoms. The van der Waals surface area contributed by atoms with Gasteiger partial charge in [-0.1, -0.05) is 166 Å². The Balaban J connectivity index is 0.000000218. The van der Waals surface area contributed by atoms with Gasteiger partial charge in [0.15, 0.2) is 9.84 Å². The Morgan fingerprint density at radius 1 is 0.620 bits per heavy atom. The molecule has 6 aromatic carbocycles. The number of hydrogen-bond acceptors (Lipinski definition) is 13. The quantitative estimate of drug-likeness (QED) is 0.0516. The highest BCUT2D eigenvalue weighted by Gasteiger charge is 2.25. The molecule has 0 saturated heterocycles. The van der Waals surface area contributed by atoms with E-state index in [0.29, 0.717) is 34.9 Å². The second-order valence-electron chi connectivity index (χ2n) is 17.9. The summed E-state index contributed by atoms with van der Waals surface area (Å²) in [4.78, 5) is 18.7. The number of aryl methyl sites for hydroxylation is 1. The first-order valence-electron chi connectivity index (χ1n) is 25.4. The number of carbonyl (C=O) groups excluding carboxylic acids is 1. The molecular weight excluding hydrogens is 1210 g/mol. The average molecular weight is 1270 g/mol. The van der Waals surface area contributed by atoms with Gasteiger partial charge in [-0.25, -0.2) is 16.8 Å². The van der Waals surface area contributed by atoms with Gasteiger partial charge in [0.05, 0.1) is 37.1 Å². The fourth-order valence-corrected chi connectivity index (χ4v) is 16.6. The Bertz CT molecular complexity index is 3430. The number of ether oxygens (including phenoxy) is 1. The van der Waals surface area contributed by atoms with Crippen LogP contribution in [-0.4, -0.2) is 53.9 Å². The lowest BCUT2D eigenvalue weighted by molar-refractivity contribution is -0.144. The average Bonchev–Trinajstić information content (AvgIpc) is 4.08. The molecule has 0 fully saturated rings. The first-order valence-corrected chi connectivity index (χ1v) is 35.4. The van der Waals surface area contributed by atoms with Crippen molar-refractivity contribution < 1.29 is 26.4 Å². The van der Waals surface area contributed by atoms with Gasteiger partial charge in [0.1, 0.15) is 4.21 Å². The van der Waals surface area contributed by atoms with Gasteiger partial charge in [-0.05, 0) is 131 Å². The van der Waals surface area contributed by atoms with Gasteiger partial charge in [0.2, 0.25) is 9.84 Å². The zero-order chi connectivity index (χ0) is 56.2. The number of thiophene rings is 2. The molecule has 0 bridgehead atoms. The van der Waals surface area contributed by atoms with E-state index in [1.165, 1.54) is 88.0 Å². The van der Waals surface area contributed by atoms with Gasteiger partial charge in [-0.3, -0.25) is 4.79 Å². The Labute approximate surface area is 509 Å². The molecule has 18 heteroatoms. The zero-order valence-corrected chi connectivity index (χ0v) is 53.8. The fraction of sp³-hybridized carbons (Fsp3) is 0.262. The third-order valence-corrected chi connectivity index (χ3v) is 22.3. The van der Waals surface area contributed by atoms with Crippen LogP contribution in [0.4, 0.5) is 0 Å². The number of halogens is 3. The van der Waals surface area contributed by atoms with E-state index in [1.54, 1.807) is 82.6 Å². The van der Waals surface area contributed by atoms with Crippen molar-refractivity contribution in [2.45, 2.75) is 104 Å². The summed E-state index contributed by atoms with van der Waals surface area (Å²) in [6.07, 6.45) is 11.3. The molecule has 1 atom stereocenters. The maximum Gasteiger partial charge on any atom is 0.306 e. The number of sulfone groups is 2. The Kier molecular flexibility index (Phi) is 27.5. The summed E-state index contributed by atoms with van der Waals surface area (Å²) in [5.41, 5.74) is 11.7. The van der Waals surface area contributed by atoms with Gasteiger partial charge in [-0.2, -0.15) is 0 Å². The number of carbonyl (C=O) groups is 1. The molecule has 8 aromatic rings. The highest BCUT2D eigenvalue weighted by molar-refractivity contribution is 8.01. The third-order valence-electron chi connectivity index (χ3n) is 12.2. The summed E-state index contributed by atoms with van der Waals surface area (Å²) in [5, 5.41) is 1.17. The highest BCUT2D eigenvalue weighted by Crippen LogP contribution is 2.41. The van der Waals surface area contributed by atoms with E-state index in [2.05, 4.69) is 130 Å². The first kappa shape index (κ1) is 66.1. The standard InChI is InChI=1S/C24H32O2S2.C19H17ClS3.C18H16ClNO4S3.ClH/c1-4-6-10-19(5-2)18-26-24(25)13-14-28-23-16-21(15-22(17-23)27-3)20-11-8-7-9-12-20;1-3-18-17(20)12-19(23-18)22-16-10-14(9-15(11-16)21-2)13-7-5-4-6-8-13;1-26(21,22)14-7-13(12-5-3-2-4-6-12)8-15(9-14)27(23,24)18-10-16(19)17(11-20)25-18;/h7-9,11-12,15-17,19H,4-6,10,13-14,18H2,1-3H3;4-12H,3H2,1-2H3;2-10H,11,20H2,1H3;1H. The lowest BCUT2D eigenvalue weighted by atomic mass is 10.0. The van der Waals surface area contributed by atoms with E-state index in [1.807, 2.05) is 12.1 Å².